The van der Waals surface area contributed by atoms with Crippen LogP contribution < -0.4 is 15.2 Å². The SMILES string of the molecule is COc1cccc(COc2ccc(C)cc2[C@H](C)N)c1. The summed E-state index contributed by atoms with van der Waals surface area (Å²) in [6, 6.07) is 13.9. The maximum Gasteiger partial charge on any atom is 0.124 e. The van der Waals surface area contributed by atoms with E-state index >= 15 is 0 Å². The summed E-state index contributed by atoms with van der Waals surface area (Å²) in [4.78, 5) is 0. The Hall–Kier alpha value is -2.00. The Morgan fingerprint density at radius 2 is 1.95 bits per heavy atom. The molecule has 0 spiro atoms. The van der Waals surface area contributed by atoms with Crippen molar-refractivity contribution in [2.45, 2.75) is 26.5 Å². The van der Waals surface area contributed by atoms with E-state index in [4.69, 9.17) is 15.2 Å². The third-order valence-electron chi connectivity index (χ3n) is 3.18. The highest BCUT2D eigenvalue weighted by atomic mass is 16.5. The highest BCUT2D eigenvalue weighted by Gasteiger charge is 2.08. The van der Waals surface area contributed by atoms with Crippen LogP contribution in [0.25, 0.3) is 0 Å². The van der Waals surface area contributed by atoms with Gasteiger partial charge >= 0.3 is 0 Å². The molecule has 0 aliphatic rings. The Bertz CT molecular complexity index is 579. The van der Waals surface area contributed by atoms with Crippen LogP contribution in [0.1, 0.15) is 29.7 Å². The van der Waals surface area contributed by atoms with Crippen LogP contribution in [0.3, 0.4) is 0 Å². The molecule has 3 heteroatoms. The van der Waals surface area contributed by atoms with Crippen LogP contribution in [-0.4, -0.2) is 7.11 Å². The second kappa shape index (κ2) is 6.44. The molecule has 0 fully saturated rings. The van der Waals surface area contributed by atoms with Crippen molar-refractivity contribution < 1.29 is 9.47 Å². The zero-order chi connectivity index (χ0) is 14.5. The molecule has 2 aromatic rings. The maximum atomic E-state index is 6.00. The molecule has 0 radical (unpaired) electrons. The molecule has 0 saturated carbocycles. The van der Waals surface area contributed by atoms with Crippen molar-refractivity contribution in [2.24, 2.45) is 5.73 Å². The first-order chi connectivity index (χ1) is 9.60. The third-order valence-corrected chi connectivity index (χ3v) is 3.18. The summed E-state index contributed by atoms with van der Waals surface area (Å²) in [6.07, 6.45) is 0. The summed E-state index contributed by atoms with van der Waals surface area (Å²) in [5, 5.41) is 0. The van der Waals surface area contributed by atoms with Gasteiger partial charge in [0.25, 0.3) is 0 Å². The number of ether oxygens (including phenoxy) is 2. The first-order valence-electron chi connectivity index (χ1n) is 6.72. The summed E-state index contributed by atoms with van der Waals surface area (Å²) in [5.74, 6) is 1.68. The summed E-state index contributed by atoms with van der Waals surface area (Å²) < 4.78 is 11.1. The lowest BCUT2D eigenvalue weighted by Crippen LogP contribution is -2.08. The lowest BCUT2D eigenvalue weighted by atomic mass is 10.1. The van der Waals surface area contributed by atoms with Gasteiger partial charge in [-0.3, -0.25) is 0 Å². The molecule has 2 rings (SSSR count). The number of hydrogen-bond acceptors (Lipinski definition) is 3. The van der Waals surface area contributed by atoms with Crippen molar-refractivity contribution in [2.75, 3.05) is 7.11 Å². The number of methoxy groups -OCH3 is 1. The van der Waals surface area contributed by atoms with Crippen LogP contribution in [-0.2, 0) is 6.61 Å². The summed E-state index contributed by atoms with van der Waals surface area (Å²) in [6.45, 7) is 4.52. The first-order valence-corrected chi connectivity index (χ1v) is 6.72. The fraction of sp³-hybridized carbons (Fsp3) is 0.294. The van der Waals surface area contributed by atoms with Crippen LogP contribution >= 0.6 is 0 Å². The van der Waals surface area contributed by atoms with E-state index in [-0.39, 0.29) is 6.04 Å². The summed E-state index contributed by atoms with van der Waals surface area (Å²) >= 11 is 0. The smallest absolute Gasteiger partial charge is 0.124 e. The Labute approximate surface area is 120 Å². The molecule has 2 N–H and O–H groups in total. The van der Waals surface area contributed by atoms with Crippen LogP contribution in [0.5, 0.6) is 11.5 Å². The molecule has 106 valence electrons. The standard InChI is InChI=1S/C17H21NO2/c1-12-7-8-17(16(9-12)13(2)18)20-11-14-5-4-6-15(10-14)19-3/h4-10,13H,11,18H2,1-3H3/t13-/m0/s1. The van der Waals surface area contributed by atoms with Gasteiger partial charge in [0.2, 0.25) is 0 Å². The van der Waals surface area contributed by atoms with E-state index in [1.807, 2.05) is 43.3 Å². The van der Waals surface area contributed by atoms with Crippen LogP contribution in [0.2, 0.25) is 0 Å². The minimum absolute atomic E-state index is 0.0461. The Balaban J connectivity index is 2.14. The normalized spacial score (nSPS) is 12.0. The topological polar surface area (TPSA) is 44.5 Å². The zero-order valence-corrected chi connectivity index (χ0v) is 12.2. The molecular weight excluding hydrogens is 250 g/mol. The number of hydrogen-bond donors (Lipinski definition) is 1. The summed E-state index contributed by atoms with van der Waals surface area (Å²) in [7, 11) is 1.66. The van der Waals surface area contributed by atoms with E-state index < -0.39 is 0 Å². The van der Waals surface area contributed by atoms with Crippen LogP contribution in [0, 0.1) is 6.92 Å². The number of rotatable bonds is 5. The maximum absolute atomic E-state index is 6.00. The van der Waals surface area contributed by atoms with Gasteiger partial charge in [0.1, 0.15) is 18.1 Å². The second-order valence-corrected chi connectivity index (χ2v) is 4.97. The van der Waals surface area contributed by atoms with E-state index in [1.165, 1.54) is 5.56 Å². The molecular formula is C17H21NO2. The molecule has 20 heavy (non-hydrogen) atoms. The highest BCUT2D eigenvalue weighted by molar-refractivity contribution is 5.39. The lowest BCUT2D eigenvalue weighted by molar-refractivity contribution is 0.300. The quantitative estimate of drug-likeness (QED) is 0.903. The molecule has 2 aromatic carbocycles. The van der Waals surface area contributed by atoms with Crippen molar-refractivity contribution >= 4 is 0 Å². The van der Waals surface area contributed by atoms with Crippen LogP contribution in [0.4, 0.5) is 0 Å². The second-order valence-electron chi connectivity index (χ2n) is 4.97. The molecule has 0 aliphatic carbocycles. The highest BCUT2D eigenvalue weighted by Crippen LogP contribution is 2.26. The minimum atomic E-state index is -0.0461. The van der Waals surface area contributed by atoms with E-state index in [0.717, 1.165) is 22.6 Å². The lowest BCUT2D eigenvalue weighted by Gasteiger charge is -2.15. The molecule has 1 atom stereocenters. The van der Waals surface area contributed by atoms with E-state index in [1.54, 1.807) is 7.11 Å². The molecule has 3 nitrogen and oxygen atoms in total. The Morgan fingerprint density at radius 3 is 2.65 bits per heavy atom. The van der Waals surface area contributed by atoms with Crippen molar-refractivity contribution in [3.8, 4) is 11.5 Å². The van der Waals surface area contributed by atoms with Gasteiger partial charge in [-0.15, -0.1) is 0 Å². The van der Waals surface area contributed by atoms with Crippen LogP contribution in [0.15, 0.2) is 42.5 Å². The third kappa shape index (κ3) is 3.52. The molecule has 0 aliphatic heterocycles. The Morgan fingerprint density at radius 1 is 1.15 bits per heavy atom. The van der Waals surface area contributed by atoms with E-state index in [2.05, 4.69) is 13.0 Å². The molecule has 0 unspecified atom stereocenters. The van der Waals surface area contributed by atoms with Gasteiger partial charge in [-0.05, 0) is 37.6 Å². The predicted octanol–water partition coefficient (Wildman–Crippen LogP) is 3.60. The molecule has 0 aromatic heterocycles. The van der Waals surface area contributed by atoms with Gasteiger partial charge in [-0.25, -0.2) is 0 Å². The largest absolute Gasteiger partial charge is 0.497 e. The fourth-order valence-electron chi connectivity index (χ4n) is 2.08. The molecule has 0 saturated heterocycles. The van der Waals surface area contributed by atoms with Crippen molar-refractivity contribution in [3.63, 3.8) is 0 Å². The average molecular weight is 271 g/mol. The van der Waals surface area contributed by atoms with E-state index in [0.29, 0.717) is 6.61 Å². The van der Waals surface area contributed by atoms with Crippen molar-refractivity contribution in [1.29, 1.82) is 0 Å². The first kappa shape index (κ1) is 14.4. The van der Waals surface area contributed by atoms with Gasteiger partial charge in [0, 0.05) is 11.6 Å². The monoisotopic (exact) mass is 271 g/mol. The van der Waals surface area contributed by atoms with Gasteiger partial charge in [0.05, 0.1) is 7.11 Å². The molecule has 0 amide bonds. The molecule has 0 bridgehead atoms. The summed E-state index contributed by atoms with van der Waals surface area (Å²) in [5.41, 5.74) is 9.29. The van der Waals surface area contributed by atoms with Gasteiger partial charge in [-0.2, -0.15) is 0 Å². The fourth-order valence-corrected chi connectivity index (χ4v) is 2.08. The number of aryl methyl sites for hydroxylation is 1. The average Bonchev–Trinajstić information content (AvgIpc) is 2.46. The number of benzene rings is 2. The van der Waals surface area contributed by atoms with Gasteiger partial charge in [0.15, 0.2) is 0 Å². The van der Waals surface area contributed by atoms with Crippen molar-refractivity contribution in [3.05, 3.63) is 59.2 Å². The van der Waals surface area contributed by atoms with E-state index in [9.17, 15) is 0 Å². The Kier molecular flexibility index (Phi) is 4.64. The minimum Gasteiger partial charge on any atom is -0.497 e. The van der Waals surface area contributed by atoms with Crippen molar-refractivity contribution in [1.82, 2.24) is 0 Å². The predicted molar refractivity (Wildman–Crippen MR) is 81.1 cm³/mol. The van der Waals surface area contributed by atoms with Gasteiger partial charge < -0.3 is 15.2 Å². The number of nitrogens with two attached hydrogens (primary N) is 1. The zero-order valence-electron chi connectivity index (χ0n) is 12.2. The van der Waals surface area contributed by atoms with Gasteiger partial charge in [-0.1, -0.05) is 29.8 Å². The molecule has 0 heterocycles.